The third kappa shape index (κ3) is 4.88. The van der Waals surface area contributed by atoms with Crippen molar-refractivity contribution >= 4 is 11.6 Å². The summed E-state index contributed by atoms with van der Waals surface area (Å²) in [6.45, 7) is 4.67. The van der Waals surface area contributed by atoms with Gasteiger partial charge in [0.15, 0.2) is 5.82 Å². The first-order valence-electron chi connectivity index (χ1n) is 13.5. The normalized spacial score (nSPS) is 16.2. The van der Waals surface area contributed by atoms with Gasteiger partial charge >= 0.3 is 0 Å². The van der Waals surface area contributed by atoms with E-state index in [1.54, 1.807) is 10.9 Å². The number of hydrogen-bond donors (Lipinski definition) is 4. The zero-order valence-corrected chi connectivity index (χ0v) is 21.8. The number of aryl methyl sites for hydroxylation is 3. The minimum Gasteiger partial charge on any atom is -0.396 e. The fourth-order valence-corrected chi connectivity index (χ4v) is 5.75. The first-order chi connectivity index (χ1) is 18.5. The first-order valence-corrected chi connectivity index (χ1v) is 13.5. The highest BCUT2D eigenvalue weighted by Crippen LogP contribution is 2.54. The molecule has 3 aromatic heterocycles. The van der Waals surface area contributed by atoms with Crippen LogP contribution in [0.3, 0.4) is 0 Å². The van der Waals surface area contributed by atoms with Crippen LogP contribution in [0.5, 0.6) is 0 Å². The van der Waals surface area contributed by atoms with Crippen molar-refractivity contribution in [3.05, 3.63) is 53.7 Å². The Morgan fingerprint density at radius 3 is 2.47 bits per heavy atom. The molecule has 3 heterocycles. The van der Waals surface area contributed by atoms with Crippen molar-refractivity contribution in [3.63, 3.8) is 0 Å². The van der Waals surface area contributed by atoms with Gasteiger partial charge in [0.25, 0.3) is 0 Å². The first kappa shape index (κ1) is 24.5. The van der Waals surface area contributed by atoms with Crippen LogP contribution in [0.4, 0.5) is 5.69 Å². The number of nitrogens with zero attached hydrogens (tertiary/aromatic N) is 5. The molecule has 0 bridgehead atoms. The van der Waals surface area contributed by atoms with Crippen molar-refractivity contribution in [1.82, 2.24) is 35.2 Å². The fraction of sp³-hybridized carbons (Fsp3) is 0.464. The molecular formula is C28H34N8O2. The third-order valence-electron chi connectivity index (χ3n) is 7.86. The number of anilines is 1. The van der Waals surface area contributed by atoms with E-state index in [9.17, 15) is 9.90 Å². The van der Waals surface area contributed by atoms with Crippen LogP contribution in [0, 0.1) is 31.6 Å². The predicted molar refractivity (Wildman–Crippen MR) is 143 cm³/mol. The predicted octanol–water partition coefficient (Wildman–Crippen LogP) is 4.22. The number of aliphatic hydroxyl groups excluding tert-OH is 1. The average Bonchev–Trinajstić information content (AvgIpc) is 3.81. The zero-order chi connectivity index (χ0) is 26.2. The zero-order valence-electron chi connectivity index (χ0n) is 21.8. The minimum atomic E-state index is -0.400. The van der Waals surface area contributed by atoms with Crippen molar-refractivity contribution in [2.24, 2.45) is 17.8 Å². The van der Waals surface area contributed by atoms with Crippen LogP contribution in [0.15, 0.2) is 36.5 Å². The van der Waals surface area contributed by atoms with E-state index >= 15 is 0 Å². The second kappa shape index (κ2) is 10.2. The van der Waals surface area contributed by atoms with Crippen molar-refractivity contribution in [2.75, 3.05) is 11.9 Å². The van der Waals surface area contributed by atoms with E-state index in [2.05, 4.69) is 35.8 Å². The van der Waals surface area contributed by atoms with Crippen LogP contribution in [0.25, 0.3) is 22.6 Å². The van der Waals surface area contributed by atoms with Gasteiger partial charge in [0.1, 0.15) is 17.4 Å². The number of carbonyl (C=O) groups is 1. The van der Waals surface area contributed by atoms with Gasteiger partial charge in [-0.2, -0.15) is 10.2 Å². The lowest BCUT2D eigenvalue weighted by atomic mass is 9.82. The average molecular weight is 515 g/mol. The molecule has 2 aliphatic carbocycles. The summed E-state index contributed by atoms with van der Waals surface area (Å²) in [5, 5.41) is 33.0. The number of aliphatic hydroxyl groups is 1. The molecule has 0 saturated heterocycles. The number of H-pyrrole nitrogens is 2. The summed E-state index contributed by atoms with van der Waals surface area (Å²) in [7, 11) is 0. The Labute approximate surface area is 221 Å². The quantitative estimate of drug-likeness (QED) is 0.237. The number of rotatable bonds is 11. The SMILES string of the molecule is Cc1n[nH]c(C)c1-c1ccc(NC(=O)C(c2nnc(-c3ccnn3CCCO)[nH]2)C(C2CC2)C2CC2)cc1. The smallest absolute Gasteiger partial charge is 0.235 e. The second-order valence-electron chi connectivity index (χ2n) is 10.7. The van der Waals surface area contributed by atoms with Crippen molar-refractivity contribution < 1.29 is 9.90 Å². The molecule has 2 saturated carbocycles. The van der Waals surface area contributed by atoms with Gasteiger partial charge in [0.2, 0.25) is 5.91 Å². The molecule has 1 amide bonds. The molecular weight excluding hydrogens is 480 g/mol. The molecule has 4 aromatic rings. The molecule has 6 rings (SSSR count). The lowest BCUT2D eigenvalue weighted by Gasteiger charge is -2.24. The van der Waals surface area contributed by atoms with Crippen LogP contribution >= 0.6 is 0 Å². The molecule has 0 aliphatic heterocycles. The van der Waals surface area contributed by atoms with Gasteiger partial charge in [0.05, 0.1) is 5.69 Å². The van der Waals surface area contributed by atoms with E-state index in [1.807, 2.05) is 44.2 Å². The van der Waals surface area contributed by atoms with Crippen LogP contribution in [-0.2, 0) is 11.3 Å². The van der Waals surface area contributed by atoms with Gasteiger partial charge in [-0.1, -0.05) is 12.1 Å². The molecule has 0 radical (unpaired) electrons. The largest absolute Gasteiger partial charge is 0.396 e. The van der Waals surface area contributed by atoms with Crippen LogP contribution in [0.2, 0.25) is 0 Å². The monoisotopic (exact) mass is 514 g/mol. The van der Waals surface area contributed by atoms with E-state index in [0.29, 0.717) is 36.5 Å². The number of amides is 1. The molecule has 10 heteroatoms. The van der Waals surface area contributed by atoms with Crippen LogP contribution in [0.1, 0.15) is 55.2 Å². The summed E-state index contributed by atoms with van der Waals surface area (Å²) in [4.78, 5) is 17.3. The molecule has 1 unspecified atom stereocenters. The molecule has 4 N–H and O–H groups in total. The van der Waals surface area contributed by atoms with Gasteiger partial charge < -0.3 is 15.4 Å². The fourth-order valence-electron chi connectivity index (χ4n) is 5.75. The Morgan fingerprint density at radius 2 is 1.84 bits per heavy atom. The number of aromatic amines is 2. The van der Waals surface area contributed by atoms with Gasteiger partial charge in [-0.15, -0.1) is 10.2 Å². The topological polar surface area (TPSA) is 137 Å². The van der Waals surface area contributed by atoms with E-state index in [0.717, 1.165) is 59.6 Å². The van der Waals surface area contributed by atoms with Gasteiger partial charge in [-0.3, -0.25) is 14.6 Å². The summed E-state index contributed by atoms with van der Waals surface area (Å²) >= 11 is 0. The van der Waals surface area contributed by atoms with Crippen LogP contribution < -0.4 is 5.32 Å². The van der Waals surface area contributed by atoms with Gasteiger partial charge in [0, 0.05) is 36.3 Å². The summed E-state index contributed by atoms with van der Waals surface area (Å²) in [6.07, 6.45) is 6.98. The number of benzene rings is 1. The maximum Gasteiger partial charge on any atom is 0.235 e. The Hall–Kier alpha value is -3.79. The van der Waals surface area contributed by atoms with Crippen molar-refractivity contribution in [1.29, 1.82) is 0 Å². The summed E-state index contributed by atoms with van der Waals surface area (Å²) in [6, 6.07) is 9.82. The number of carbonyl (C=O) groups excluding carboxylic acids is 1. The molecule has 10 nitrogen and oxygen atoms in total. The second-order valence-corrected chi connectivity index (χ2v) is 10.7. The Morgan fingerprint density at radius 1 is 1.11 bits per heavy atom. The van der Waals surface area contributed by atoms with E-state index in [-0.39, 0.29) is 18.4 Å². The molecule has 1 aromatic carbocycles. The molecule has 2 aliphatic rings. The summed E-state index contributed by atoms with van der Waals surface area (Å²) in [5.41, 5.74) is 5.69. The number of aromatic nitrogens is 7. The standard InChI is InChI=1S/C28H34N8O2/c1-16-23(17(2)33-32-16)18-8-10-21(11-9-18)30-28(38)25(24(19-4-5-19)20-6-7-20)27-31-26(34-35-27)22-12-13-29-36(22)14-3-15-37/h8-13,19-20,24-25,37H,3-7,14-15H2,1-2H3,(H,30,38)(H,32,33)(H,31,34,35). The summed E-state index contributed by atoms with van der Waals surface area (Å²) < 4.78 is 1.81. The Kier molecular flexibility index (Phi) is 6.57. The molecule has 1 atom stereocenters. The van der Waals surface area contributed by atoms with E-state index < -0.39 is 5.92 Å². The molecule has 198 valence electrons. The highest BCUT2D eigenvalue weighted by atomic mass is 16.3. The lowest BCUT2D eigenvalue weighted by Crippen LogP contribution is -2.31. The number of hydrogen-bond acceptors (Lipinski definition) is 6. The van der Waals surface area contributed by atoms with Crippen molar-refractivity contribution in [2.45, 2.75) is 58.4 Å². The molecule has 38 heavy (non-hydrogen) atoms. The maximum absolute atomic E-state index is 13.9. The van der Waals surface area contributed by atoms with E-state index in [1.165, 1.54) is 0 Å². The van der Waals surface area contributed by atoms with Crippen molar-refractivity contribution in [3.8, 4) is 22.6 Å². The lowest BCUT2D eigenvalue weighted by molar-refractivity contribution is -0.119. The maximum atomic E-state index is 13.9. The van der Waals surface area contributed by atoms with E-state index in [4.69, 9.17) is 0 Å². The number of nitrogens with one attached hydrogen (secondary N) is 3. The minimum absolute atomic E-state index is 0.0475. The Balaban J connectivity index is 1.27. The van der Waals surface area contributed by atoms with Crippen LogP contribution in [-0.4, -0.2) is 52.8 Å². The Bertz CT molecular complexity index is 1380. The van der Waals surface area contributed by atoms with Gasteiger partial charge in [-0.25, -0.2) is 0 Å². The highest BCUT2D eigenvalue weighted by molar-refractivity contribution is 5.96. The van der Waals surface area contributed by atoms with Gasteiger partial charge in [-0.05, 0) is 87.5 Å². The third-order valence-corrected chi connectivity index (χ3v) is 7.86. The highest BCUT2D eigenvalue weighted by Gasteiger charge is 2.49. The molecule has 2 fully saturated rings. The molecule has 0 spiro atoms. The summed E-state index contributed by atoms with van der Waals surface area (Å²) in [5.74, 6) is 2.11.